The molecule has 2 unspecified atom stereocenters. The van der Waals surface area contributed by atoms with Crippen molar-refractivity contribution in [3.63, 3.8) is 0 Å². The number of allylic oxidation sites excluding steroid dienone is 1. The van der Waals surface area contributed by atoms with E-state index in [-0.39, 0.29) is 0 Å². The molecule has 0 saturated carbocycles. The maximum atomic E-state index is 12.4. The van der Waals surface area contributed by atoms with Gasteiger partial charge in [-0.2, -0.15) is 0 Å². The van der Waals surface area contributed by atoms with Gasteiger partial charge in [0.1, 0.15) is 6.17 Å². The van der Waals surface area contributed by atoms with Crippen LogP contribution in [-0.4, -0.2) is 18.3 Å². The topological polar surface area (TPSA) is 0 Å². The van der Waals surface area contributed by atoms with E-state index in [9.17, 15) is 17.6 Å². The van der Waals surface area contributed by atoms with E-state index in [0.717, 1.165) is 13.0 Å². The van der Waals surface area contributed by atoms with Gasteiger partial charge in [0.2, 0.25) is 0 Å². The number of hydrogen-bond acceptors (Lipinski definition) is 0. The smallest absolute Gasteiger partial charge is 0.244 e. The normalized spacial score (nSPS) is 17.5. The van der Waals surface area contributed by atoms with Crippen LogP contribution in [0.2, 0.25) is 0 Å². The fraction of sp³-hybridized carbons (Fsp3) is 0.714. The molecule has 2 atom stereocenters. The van der Waals surface area contributed by atoms with Crippen molar-refractivity contribution in [2.75, 3.05) is 0 Å². The van der Waals surface area contributed by atoms with Crippen molar-refractivity contribution in [3.8, 4) is 0 Å². The van der Waals surface area contributed by atoms with Crippen molar-refractivity contribution in [2.45, 2.75) is 31.6 Å². The van der Waals surface area contributed by atoms with E-state index >= 15 is 0 Å². The van der Waals surface area contributed by atoms with Gasteiger partial charge in [-0.15, -0.1) is 6.58 Å². The predicted molar refractivity (Wildman–Crippen MR) is 35.2 cm³/mol. The van der Waals surface area contributed by atoms with Gasteiger partial charge < -0.3 is 0 Å². The van der Waals surface area contributed by atoms with E-state index in [2.05, 4.69) is 6.58 Å². The molecule has 0 heterocycles. The number of halogens is 4. The van der Waals surface area contributed by atoms with Crippen LogP contribution in [0, 0.1) is 0 Å². The van der Waals surface area contributed by atoms with Crippen molar-refractivity contribution in [2.24, 2.45) is 0 Å². The van der Waals surface area contributed by atoms with Gasteiger partial charge in [-0.25, -0.2) is 17.6 Å². The number of alkyl halides is 4. The highest BCUT2D eigenvalue weighted by atomic mass is 19.3. The summed E-state index contributed by atoms with van der Waals surface area (Å²) in [7, 11) is 0. The van der Waals surface area contributed by atoms with E-state index in [1.165, 1.54) is 0 Å². The Labute approximate surface area is 62.9 Å². The Morgan fingerprint density at radius 3 is 2.18 bits per heavy atom. The van der Waals surface area contributed by atoms with Crippen molar-refractivity contribution in [1.82, 2.24) is 0 Å². The van der Waals surface area contributed by atoms with E-state index in [0.29, 0.717) is 0 Å². The summed E-state index contributed by atoms with van der Waals surface area (Å²) in [5.74, 6) is -3.63. The van der Waals surface area contributed by atoms with Crippen LogP contribution in [-0.2, 0) is 0 Å². The molecule has 0 aromatic carbocycles. The quantitative estimate of drug-likeness (QED) is 0.449. The second-order valence-electron chi connectivity index (χ2n) is 2.33. The molecular weight excluding hydrogens is 160 g/mol. The Kier molecular flexibility index (Phi) is 3.55. The van der Waals surface area contributed by atoms with E-state index < -0.39 is 24.7 Å². The highest BCUT2D eigenvalue weighted by Gasteiger charge is 2.42. The van der Waals surface area contributed by atoms with E-state index in [1.54, 1.807) is 0 Å². The van der Waals surface area contributed by atoms with Crippen LogP contribution in [0.1, 0.15) is 13.3 Å². The van der Waals surface area contributed by atoms with Crippen molar-refractivity contribution in [1.29, 1.82) is 0 Å². The first-order chi connectivity index (χ1) is 4.91. The molecule has 0 amide bonds. The van der Waals surface area contributed by atoms with Gasteiger partial charge >= 0.3 is 0 Å². The van der Waals surface area contributed by atoms with Crippen LogP contribution in [0.15, 0.2) is 12.7 Å². The SMILES string of the molecule is C=CCC(F)(F)C(F)C(C)F. The lowest BCUT2D eigenvalue weighted by Crippen LogP contribution is -2.35. The zero-order chi connectivity index (χ0) is 9.07. The summed E-state index contributed by atoms with van der Waals surface area (Å²) in [6, 6.07) is 0. The molecular formula is C7H10F4. The van der Waals surface area contributed by atoms with Crippen LogP contribution >= 0.6 is 0 Å². The molecule has 0 aromatic rings. The van der Waals surface area contributed by atoms with Gasteiger partial charge in [-0.3, -0.25) is 0 Å². The van der Waals surface area contributed by atoms with Crippen LogP contribution in [0.3, 0.4) is 0 Å². The fourth-order valence-corrected chi connectivity index (χ4v) is 0.641. The second kappa shape index (κ2) is 3.74. The van der Waals surface area contributed by atoms with Gasteiger partial charge in [0.25, 0.3) is 5.92 Å². The summed E-state index contributed by atoms with van der Waals surface area (Å²) < 4.78 is 49.1. The molecule has 0 fully saturated rings. The van der Waals surface area contributed by atoms with Crippen LogP contribution in [0.4, 0.5) is 17.6 Å². The largest absolute Gasteiger partial charge is 0.284 e. The lowest BCUT2D eigenvalue weighted by molar-refractivity contribution is -0.0929. The van der Waals surface area contributed by atoms with Gasteiger partial charge in [0.05, 0.1) is 0 Å². The minimum Gasteiger partial charge on any atom is -0.244 e. The van der Waals surface area contributed by atoms with Gasteiger partial charge in [-0.1, -0.05) is 6.08 Å². The molecule has 0 bridgehead atoms. The molecule has 0 aliphatic heterocycles. The Balaban J connectivity index is 4.15. The Morgan fingerprint density at radius 2 is 1.91 bits per heavy atom. The summed E-state index contributed by atoms with van der Waals surface area (Å²) in [5.41, 5.74) is 0. The average Bonchev–Trinajstić information content (AvgIpc) is 1.86. The zero-order valence-corrected chi connectivity index (χ0v) is 6.16. The minimum absolute atomic E-state index is 0.766. The Bertz CT molecular complexity index is 130. The third-order valence-electron chi connectivity index (χ3n) is 1.22. The average molecular weight is 170 g/mol. The predicted octanol–water partition coefficient (Wildman–Crippen LogP) is 2.89. The molecule has 0 saturated heterocycles. The molecule has 0 aliphatic rings. The first-order valence-corrected chi connectivity index (χ1v) is 3.18. The number of hydrogen-bond donors (Lipinski definition) is 0. The molecule has 66 valence electrons. The summed E-state index contributed by atoms with van der Waals surface area (Å²) >= 11 is 0. The van der Waals surface area contributed by atoms with Crippen molar-refractivity contribution < 1.29 is 17.6 Å². The summed E-state index contributed by atoms with van der Waals surface area (Å²) in [6.45, 7) is 3.78. The molecule has 11 heavy (non-hydrogen) atoms. The second-order valence-corrected chi connectivity index (χ2v) is 2.33. The molecule has 0 nitrogen and oxygen atoms in total. The minimum atomic E-state index is -3.63. The monoisotopic (exact) mass is 170 g/mol. The molecule has 0 rings (SSSR count). The lowest BCUT2D eigenvalue weighted by atomic mass is 10.1. The highest BCUT2D eigenvalue weighted by Crippen LogP contribution is 2.29. The standard InChI is InChI=1S/C7H10F4/c1-3-4-7(10,11)6(9)5(2)8/h3,5-6H,1,4H2,2H3. The van der Waals surface area contributed by atoms with E-state index in [4.69, 9.17) is 0 Å². The molecule has 4 heteroatoms. The Morgan fingerprint density at radius 1 is 1.45 bits per heavy atom. The summed E-state index contributed by atoms with van der Waals surface area (Å²) in [6.07, 6.45) is -4.84. The third-order valence-corrected chi connectivity index (χ3v) is 1.22. The zero-order valence-electron chi connectivity index (χ0n) is 6.16. The molecule has 0 radical (unpaired) electrons. The van der Waals surface area contributed by atoms with Crippen molar-refractivity contribution in [3.05, 3.63) is 12.7 Å². The summed E-state index contributed by atoms with van der Waals surface area (Å²) in [5, 5.41) is 0. The summed E-state index contributed by atoms with van der Waals surface area (Å²) in [4.78, 5) is 0. The Hall–Kier alpha value is -0.540. The third kappa shape index (κ3) is 2.91. The van der Waals surface area contributed by atoms with Crippen LogP contribution in [0.25, 0.3) is 0 Å². The van der Waals surface area contributed by atoms with Gasteiger partial charge in [0, 0.05) is 6.42 Å². The molecule has 0 aliphatic carbocycles. The maximum absolute atomic E-state index is 12.4. The van der Waals surface area contributed by atoms with Crippen LogP contribution in [0.5, 0.6) is 0 Å². The fourth-order valence-electron chi connectivity index (χ4n) is 0.641. The van der Waals surface area contributed by atoms with Gasteiger partial charge in [0.15, 0.2) is 6.17 Å². The molecule has 0 spiro atoms. The number of rotatable bonds is 4. The maximum Gasteiger partial charge on any atom is 0.284 e. The lowest BCUT2D eigenvalue weighted by Gasteiger charge is -2.19. The van der Waals surface area contributed by atoms with Gasteiger partial charge in [-0.05, 0) is 6.92 Å². The van der Waals surface area contributed by atoms with E-state index in [1.807, 2.05) is 0 Å². The van der Waals surface area contributed by atoms with Crippen molar-refractivity contribution >= 4 is 0 Å². The highest BCUT2D eigenvalue weighted by molar-refractivity contribution is 4.87. The first-order valence-electron chi connectivity index (χ1n) is 3.18. The van der Waals surface area contributed by atoms with Crippen LogP contribution < -0.4 is 0 Å². The molecule has 0 N–H and O–H groups in total. The molecule has 0 aromatic heterocycles. The first kappa shape index (κ1) is 10.5.